The first-order chi connectivity index (χ1) is 9.68. The zero-order chi connectivity index (χ0) is 14.1. The van der Waals surface area contributed by atoms with E-state index in [4.69, 9.17) is 0 Å². The highest BCUT2D eigenvalue weighted by Crippen LogP contribution is 2.44. The molecule has 0 heterocycles. The van der Waals surface area contributed by atoms with Crippen molar-refractivity contribution in [1.82, 2.24) is 0 Å². The fourth-order valence-corrected chi connectivity index (χ4v) is 3.13. The van der Waals surface area contributed by atoms with E-state index in [2.05, 4.69) is 0 Å². The zero-order valence-corrected chi connectivity index (χ0v) is 10.9. The van der Waals surface area contributed by atoms with Gasteiger partial charge in [-0.05, 0) is 23.1 Å². The first-order valence-corrected chi connectivity index (χ1v) is 6.73. The van der Waals surface area contributed by atoms with Gasteiger partial charge in [-0.3, -0.25) is 4.79 Å². The number of rotatable bonds is 2. The molecule has 0 fully saturated rings. The standard InChI is InChI=1S/C17H16O3/c18-15-10-14(17(19)20)16(11-6-2-1-3-7-11)13-9-5-4-8-12(13)15/h1-9,14-16,18H,10H2,(H,19,20)/t14-,15-,16-/m0/s1. The van der Waals surface area contributed by atoms with Gasteiger partial charge < -0.3 is 10.2 Å². The molecule has 0 saturated heterocycles. The predicted molar refractivity (Wildman–Crippen MR) is 75.4 cm³/mol. The maximum atomic E-state index is 11.6. The maximum Gasteiger partial charge on any atom is 0.307 e. The SMILES string of the molecule is O=C(O)[C@H]1C[C@H](O)c2ccccc2[C@@H]1c1ccccc1. The molecule has 1 aliphatic carbocycles. The monoisotopic (exact) mass is 268 g/mol. The number of hydrogen-bond donors (Lipinski definition) is 2. The molecule has 3 atom stereocenters. The minimum atomic E-state index is -0.854. The lowest BCUT2D eigenvalue weighted by molar-refractivity contribution is -0.143. The number of carboxylic acids is 1. The van der Waals surface area contributed by atoms with Crippen LogP contribution in [0.2, 0.25) is 0 Å². The van der Waals surface area contributed by atoms with E-state index in [9.17, 15) is 15.0 Å². The summed E-state index contributed by atoms with van der Waals surface area (Å²) in [6, 6.07) is 17.2. The largest absolute Gasteiger partial charge is 0.481 e. The van der Waals surface area contributed by atoms with E-state index in [1.165, 1.54) is 0 Å². The molecular formula is C17H16O3. The highest BCUT2D eigenvalue weighted by Gasteiger charge is 2.38. The van der Waals surface area contributed by atoms with Gasteiger partial charge in [-0.1, -0.05) is 54.6 Å². The Bertz CT molecular complexity index is 621. The molecule has 0 unspecified atom stereocenters. The Hall–Kier alpha value is -2.13. The summed E-state index contributed by atoms with van der Waals surface area (Å²) in [5.74, 6) is -1.65. The number of aliphatic hydroxyl groups excluding tert-OH is 1. The summed E-state index contributed by atoms with van der Waals surface area (Å²) in [6.07, 6.45) is -0.446. The lowest BCUT2D eigenvalue weighted by Gasteiger charge is -2.34. The zero-order valence-electron chi connectivity index (χ0n) is 10.9. The molecule has 3 rings (SSSR count). The third kappa shape index (κ3) is 2.10. The third-order valence-corrected chi connectivity index (χ3v) is 4.05. The first kappa shape index (κ1) is 12.9. The van der Waals surface area contributed by atoms with E-state index in [1.807, 2.05) is 54.6 Å². The lowest BCUT2D eigenvalue weighted by atomic mass is 9.71. The van der Waals surface area contributed by atoms with Gasteiger partial charge in [0.15, 0.2) is 0 Å². The second kappa shape index (κ2) is 5.10. The normalized spacial score (nSPS) is 24.9. The summed E-state index contributed by atoms with van der Waals surface area (Å²) in [5.41, 5.74) is 2.75. The van der Waals surface area contributed by atoms with Crippen molar-refractivity contribution in [2.75, 3.05) is 0 Å². The van der Waals surface area contributed by atoms with E-state index in [0.29, 0.717) is 0 Å². The Morgan fingerprint density at radius 2 is 1.55 bits per heavy atom. The van der Waals surface area contributed by atoms with Crippen LogP contribution in [0.3, 0.4) is 0 Å². The molecule has 2 aromatic carbocycles. The van der Waals surface area contributed by atoms with Crippen LogP contribution in [0.1, 0.15) is 35.1 Å². The van der Waals surface area contributed by atoms with E-state index >= 15 is 0 Å². The van der Waals surface area contributed by atoms with Gasteiger partial charge in [-0.25, -0.2) is 0 Å². The van der Waals surface area contributed by atoms with Crippen LogP contribution in [0.5, 0.6) is 0 Å². The molecule has 0 spiro atoms. The van der Waals surface area contributed by atoms with Gasteiger partial charge in [0.05, 0.1) is 12.0 Å². The smallest absolute Gasteiger partial charge is 0.307 e. The van der Waals surface area contributed by atoms with Crippen molar-refractivity contribution >= 4 is 5.97 Å². The van der Waals surface area contributed by atoms with E-state index in [-0.39, 0.29) is 12.3 Å². The lowest BCUT2D eigenvalue weighted by Crippen LogP contribution is -2.30. The topological polar surface area (TPSA) is 57.5 Å². The quantitative estimate of drug-likeness (QED) is 0.880. The van der Waals surface area contributed by atoms with Gasteiger partial charge in [-0.15, -0.1) is 0 Å². The van der Waals surface area contributed by atoms with Crippen LogP contribution in [-0.2, 0) is 4.79 Å². The van der Waals surface area contributed by atoms with Crippen molar-refractivity contribution in [3.63, 3.8) is 0 Å². The van der Waals surface area contributed by atoms with E-state index in [1.54, 1.807) is 0 Å². The molecule has 2 N–H and O–H groups in total. The number of benzene rings is 2. The number of aliphatic carboxylic acids is 1. The van der Waals surface area contributed by atoms with Gasteiger partial charge in [0.2, 0.25) is 0 Å². The van der Waals surface area contributed by atoms with E-state index in [0.717, 1.165) is 16.7 Å². The van der Waals surface area contributed by atoms with Gasteiger partial charge in [0.25, 0.3) is 0 Å². The Morgan fingerprint density at radius 3 is 2.20 bits per heavy atom. The molecule has 0 radical (unpaired) electrons. The molecule has 0 amide bonds. The molecule has 3 heteroatoms. The van der Waals surface area contributed by atoms with Gasteiger partial charge in [0.1, 0.15) is 0 Å². The minimum absolute atomic E-state index is 0.201. The van der Waals surface area contributed by atoms with Crippen LogP contribution in [0.4, 0.5) is 0 Å². The summed E-state index contributed by atoms with van der Waals surface area (Å²) in [6.45, 7) is 0. The van der Waals surface area contributed by atoms with Crippen LogP contribution in [0, 0.1) is 5.92 Å². The molecule has 0 saturated carbocycles. The van der Waals surface area contributed by atoms with Gasteiger partial charge >= 0.3 is 5.97 Å². The molecular weight excluding hydrogens is 252 g/mol. The molecule has 0 bridgehead atoms. The van der Waals surface area contributed by atoms with Crippen LogP contribution >= 0.6 is 0 Å². The molecule has 102 valence electrons. The highest BCUT2D eigenvalue weighted by molar-refractivity contribution is 5.73. The highest BCUT2D eigenvalue weighted by atomic mass is 16.4. The van der Waals surface area contributed by atoms with Crippen molar-refractivity contribution in [3.05, 3.63) is 71.3 Å². The van der Waals surface area contributed by atoms with Crippen molar-refractivity contribution in [2.45, 2.75) is 18.4 Å². The van der Waals surface area contributed by atoms with Crippen molar-refractivity contribution in [1.29, 1.82) is 0 Å². The Kier molecular flexibility index (Phi) is 3.28. The second-order valence-corrected chi connectivity index (χ2v) is 5.21. The van der Waals surface area contributed by atoms with E-state index < -0.39 is 18.0 Å². The van der Waals surface area contributed by atoms with Crippen LogP contribution in [0.25, 0.3) is 0 Å². The Balaban J connectivity index is 2.16. The van der Waals surface area contributed by atoms with Gasteiger partial charge in [0, 0.05) is 5.92 Å². The summed E-state index contributed by atoms with van der Waals surface area (Å²) in [7, 11) is 0. The Morgan fingerprint density at radius 1 is 0.950 bits per heavy atom. The minimum Gasteiger partial charge on any atom is -0.481 e. The molecule has 1 aliphatic rings. The number of hydrogen-bond acceptors (Lipinski definition) is 2. The van der Waals surface area contributed by atoms with Crippen LogP contribution in [0.15, 0.2) is 54.6 Å². The predicted octanol–water partition coefficient (Wildman–Crippen LogP) is 2.96. The van der Waals surface area contributed by atoms with Crippen LogP contribution < -0.4 is 0 Å². The third-order valence-electron chi connectivity index (χ3n) is 4.05. The summed E-state index contributed by atoms with van der Waals surface area (Å²) in [5, 5.41) is 19.7. The summed E-state index contributed by atoms with van der Waals surface area (Å²) >= 11 is 0. The molecule has 0 aromatic heterocycles. The molecule has 0 aliphatic heterocycles. The molecule has 20 heavy (non-hydrogen) atoms. The fourth-order valence-electron chi connectivity index (χ4n) is 3.13. The Labute approximate surface area is 117 Å². The van der Waals surface area contributed by atoms with Crippen molar-refractivity contribution < 1.29 is 15.0 Å². The van der Waals surface area contributed by atoms with Crippen LogP contribution in [-0.4, -0.2) is 16.2 Å². The number of carbonyl (C=O) groups is 1. The average Bonchev–Trinajstić information content (AvgIpc) is 2.48. The molecule has 2 aromatic rings. The summed E-state index contributed by atoms with van der Waals surface area (Å²) in [4.78, 5) is 11.6. The van der Waals surface area contributed by atoms with Crippen molar-refractivity contribution in [2.24, 2.45) is 5.92 Å². The van der Waals surface area contributed by atoms with Crippen molar-refractivity contribution in [3.8, 4) is 0 Å². The fraction of sp³-hybridized carbons (Fsp3) is 0.235. The summed E-state index contributed by atoms with van der Waals surface area (Å²) < 4.78 is 0. The van der Waals surface area contributed by atoms with Gasteiger partial charge in [-0.2, -0.15) is 0 Å². The molecule has 3 nitrogen and oxygen atoms in total. The number of aliphatic hydroxyl groups is 1. The second-order valence-electron chi connectivity index (χ2n) is 5.21. The average molecular weight is 268 g/mol. The number of fused-ring (bicyclic) bond motifs is 1. The maximum absolute atomic E-state index is 11.6. The number of carboxylic acid groups (broad SMARTS) is 1. The first-order valence-electron chi connectivity index (χ1n) is 6.73.